The molecule has 0 aliphatic heterocycles. The Kier molecular flexibility index (Phi) is 3.26. The molecule has 15 heavy (non-hydrogen) atoms. The fourth-order valence-electron chi connectivity index (χ4n) is 2.18. The molecule has 2 rings (SSSR count). The molecule has 0 aromatic carbocycles. The Hall–Kier alpha value is -0.610. The van der Waals surface area contributed by atoms with Crippen LogP contribution in [0.4, 0.5) is 0 Å². The molecular weight excluding hydrogens is 224 g/mol. The molecule has 0 saturated heterocycles. The van der Waals surface area contributed by atoms with E-state index in [4.69, 9.17) is 12.2 Å². The summed E-state index contributed by atoms with van der Waals surface area (Å²) in [5, 5.41) is 0. The summed E-state index contributed by atoms with van der Waals surface area (Å²) in [5.74, 6) is 1.98. The molecular formula is C11H14N2S2. The van der Waals surface area contributed by atoms with Gasteiger partial charge in [-0.1, -0.05) is 29.9 Å². The number of allylic oxidation sites excluding steroid dienone is 2. The first-order valence-electron chi connectivity index (χ1n) is 5.14. The van der Waals surface area contributed by atoms with E-state index in [9.17, 15) is 0 Å². The molecule has 2 nitrogen and oxygen atoms in total. The van der Waals surface area contributed by atoms with E-state index in [0.29, 0.717) is 9.87 Å². The molecule has 0 radical (unpaired) electrons. The highest BCUT2D eigenvalue weighted by molar-refractivity contribution is 7.73. The van der Waals surface area contributed by atoms with Gasteiger partial charge in [0.2, 0.25) is 0 Å². The standard InChI is InChI=1S/C11H14N2S2/c1-7-3-8(2)5-9(4-7)10-12-6-15-11(14)13-10/h4,6,8-9H,3,5H2,1-2H3. The van der Waals surface area contributed by atoms with Gasteiger partial charge in [-0.3, -0.25) is 0 Å². The maximum atomic E-state index is 5.07. The van der Waals surface area contributed by atoms with Crippen LogP contribution in [0.3, 0.4) is 0 Å². The lowest BCUT2D eigenvalue weighted by atomic mass is 9.83. The maximum absolute atomic E-state index is 5.07. The summed E-state index contributed by atoms with van der Waals surface area (Å²) < 4.78 is 0.685. The van der Waals surface area contributed by atoms with Crippen molar-refractivity contribution in [3.05, 3.63) is 26.9 Å². The van der Waals surface area contributed by atoms with E-state index in [-0.39, 0.29) is 0 Å². The quantitative estimate of drug-likeness (QED) is 0.551. The van der Waals surface area contributed by atoms with Crippen molar-refractivity contribution >= 4 is 23.6 Å². The second-order valence-electron chi connectivity index (χ2n) is 4.25. The maximum Gasteiger partial charge on any atom is 0.183 e. The largest absolute Gasteiger partial charge is 0.230 e. The number of hydrogen-bond acceptors (Lipinski definition) is 4. The Labute approximate surface area is 99.1 Å². The van der Waals surface area contributed by atoms with Crippen LogP contribution in [0.25, 0.3) is 0 Å². The lowest BCUT2D eigenvalue weighted by Crippen LogP contribution is -2.12. The smallest absolute Gasteiger partial charge is 0.183 e. The van der Waals surface area contributed by atoms with Gasteiger partial charge in [-0.25, -0.2) is 9.97 Å². The van der Waals surface area contributed by atoms with Crippen LogP contribution in [-0.2, 0) is 0 Å². The molecule has 1 aromatic heterocycles. The van der Waals surface area contributed by atoms with Crippen molar-refractivity contribution in [2.75, 3.05) is 0 Å². The van der Waals surface area contributed by atoms with E-state index in [2.05, 4.69) is 29.9 Å². The van der Waals surface area contributed by atoms with Crippen LogP contribution in [0, 0.1) is 9.87 Å². The summed E-state index contributed by atoms with van der Waals surface area (Å²) in [6.45, 7) is 4.46. The highest BCUT2D eigenvalue weighted by Crippen LogP contribution is 2.32. The van der Waals surface area contributed by atoms with E-state index in [1.807, 2.05) is 0 Å². The molecule has 0 spiro atoms. The highest BCUT2D eigenvalue weighted by atomic mass is 32.1. The minimum atomic E-state index is 0.365. The van der Waals surface area contributed by atoms with Crippen molar-refractivity contribution in [2.24, 2.45) is 5.92 Å². The summed E-state index contributed by atoms with van der Waals surface area (Å²) in [5.41, 5.74) is 3.24. The Morgan fingerprint density at radius 1 is 1.53 bits per heavy atom. The second kappa shape index (κ2) is 4.49. The zero-order valence-electron chi connectivity index (χ0n) is 8.93. The molecule has 0 amide bonds. The van der Waals surface area contributed by atoms with Crippen LogP contribution in [-0.4, -0.2) is 9.97 Å². The minimum Gasteiger partial charge on any atom is -0.230 e. The molecule has 0 fully saturated rings. The van der Waals surface area contributed by atoms with E-state index < -0.39 is 0 Å². The first-order chi connectivity index (χ1) is 7.15. The zero-order chi connectivity index (χ0) is 10.8. The SMILES string of the molecule is CC1=CC(c2ncsc(=S)n2)CC(C)C1. The van der Waals surface area contributed by atoms with Gasteiger partial charge in [-0.15, -0.1) is 0 Å². The molecule has 0 saturated carbocycles. The topological polar surface area (TPSA) is 25.8 Å². The van der Waals surface area contributed by atoms with Gasteiger partial charge in [-0.05, 0) is 37.9 Å². The van der Waals surface area contributed by atoms with Gasteiger partial charge in [0, 0.05) is 5.92 Å². The van der Waals surface area contributed by atoms with Crippen molar-refractivity contribution in [1.82, 2.24) is 9.97 Å². The van der Waals surface area contributed by atoms with Gasteiger partial charge < -0.3 is 0 Å². The number of rotatable bonds is 1. The number of aromatic nitrogens is 2. The molecule has 80 valence electrons. The highest BCUT2D eigenvalue weighted by Gasteiger charge is 2.20. The molecule has 1 heterocycles. The summed E-state index contributed by atoms with van der Waals surface area (Å²) >= 11 is 6.49. The Balaban J connectivity index is 2.31. The van der Waals surface area contributed by atoms with E-state index in [0.717, 1.165) is 18.2 Å². The minimum absolute atomic E-state index is 0.365. The lowest BCUT2D eigenvalue weighted by Gasteiger charge is -2.23. The molecule has 2 unspecified atom stereocenters. The monoisotopic (exact) mass is 238 g/mol. The lowest BCUT2D eigenvalue weighted by molar-refractivity contribution is 0.464. The summed E-state index contributed by atoms with van der Waals surface area (Å²) in [4.78, 5) is 8.67. The van der Waals surface area contributed by atoms with Crippen LogP contribution < -0.4 is 0 Å². The average Bonchev–Trinajstić information content (AvgIpc) is 2.16. The van der Waals surface area contributed by atoms with Crippen LogP contribution >= 0.6 is 23.6 Å². The summed E-state index contributed by atoms with van der Waals surface area (Å²) in [7, 11) is 0. The second-order valence-corrected chi connectivity index (χ2v) is 5.73. The molecule has 0 bridgehead atoms. The fourth-order valence-corrected chi connectivity index (χ4v) is 2.80. The molecule has 2 atom stereocenters. The third kappa shape index (κ3) is 2.69. The normalized spacial score (nSPS) is 26.1. The number of hydrogen-bond donors (Lipinski definition) is 0. The number of nitrogens with zero attached hydrogens (tertiary/aromatic N) is 2. The van der Waals surface area contributed by atoms with Gasteiger partial charge in [0.1, 0.15) is 5.82 Å². The predicted molar refractivity (Wildman–Crippen MR) is 65.6 cm³/mol. The van der Waals surface area contributed by atoms with Gasteiger partial charge >= 0.3 is 0 Å². The van der Waals surface area contributed by atoms with Crippen molar-refractivity contribution in [3.63, 3.8) is 0 Å². The molecule has 4 heteroatoms. The first kappa shape index (κ1) is 10.9. The molecule has 1 aliphatic rings. The average molecular weight is 238 g/mol. The van der Waals surface area contributed by atoms with Crippen molar-refractivity contribution in [1.29, 1.82) is 0 Å². The van der Waals surface area contributed by atoms with Crippen molar-refractivity contribution in [3.8, 4) is 0 Å². The zero-order valence-corrected chi connectivity index (χ0v) is 10.6. The molecule has 1 aromatic rings. The van der Waals surface area contributed by atoms with E-state index >= 15 is 0 Å². The van der Waals surface area contributed by atoms with Crippen LogP contribution in [0.5, 0.6) is 0 Å². The van der Waals surface area contributed by atoms with Crippen LogP contribution in [0.2, 0.25) is 0 Å². The summed E-state index contributed by atoms with van der Waals surface area (Å²) in [6.07, 6.45) is 4.63. The van der Waals surface area contributed by atoms with Gasteiger partial charge in [0.15, 0.2) is 3.95 Å². The van der Waals surface area contributed by atoms with Gasteiger partial charge in [0.05, 0.1) is 5.51 Å². The molecule has 0 N–H and O–H groups in total. The van der Waals surface area contributed by atoms with Crippen molar-refractivity contribution < 1.29 is 0 Å². The van der Waals surface area contributed by atoms with E-state index in [1.165, 1.54) is 23.3 Å². The first-order valence-corrected chi connectivity index (χ1v) is 6.43. The third-order valence-corrected chi connectivity index (χ3v) is 3.57. The fraction of sp³-hybridized carbons (Fsp3) is 0.545. The molecule has 1 aliphatic carbocycles. The van der Waals surface area contributed by atoms with Gasteiger partial charge in [0.25, 0.3) is 0 Å². The van der Waals surface area contributed by atoms with E-state index in [1.54, 1.807) is 5.51 Å². The Morgan fingerprint density at radius 2 is 2.33 bits per heavy atom. The Morgan fingerprint density at radius 3 is 3.00 bits per heavy atom. The Bertz CT molecular complexity index is 436. The van der Waals surface area contributed by atoms with Crippen LogP contribution in [0.15, 0.2) is 17.2 Å². The predicted octanol–water partition coefficient (Wildman–Crippen LogP) is 3.73. The third-order valence-electron chi connectivity index (χ3n) is 2.69. The van der Waals surface area contributed by atoms with Gasteiger partial charge in [-0.2, -0.15) is 0 Å². The van der Waals surface area contributed by atoms with Crippen molar-refractivity contribution in [2.45, 2.75) is 32.6 Å². The van der Waals surface area contributed by atoms with Crippen LogP contribution in [0.1, 0.15) is 38.4 Å². The summed E-state index contributed by atoms with van der Waals surface area (Å²) in [6, 6.07) is 0.